The fourth-order valence-corrected chi connectivity index (χ4v) is 2.04. The second kappa shape index (κ2) is 6.75. The van der Waals surface area contributed by atoms with Gasteiger partial charge in [-0.05, 0) is 61.5 Å². The highest BCUT2D eigenvalue weighted by atomic mass is 19.1. The van der Waals surface area contributed by atoms with E-state index in [0.717, 1.165) is 30.6 Å². The van der Waals surface area contributed by atoms with Gasteiger partial charge in [0.2, 0.25) is 0 Å². The standard InChI is InChI=1S/C15H24FN/c1-5-6-17-10-12(3)13(4)14-7-11(2)8-15(16)9-14/h7-9,12-13,17H,5-6,10H2,1-4H3. The Labute approximate surface area is 104 Å². The molecule has 0 aromatic heterocycles. The Bertz CT molecular complexity index is 329. The Hall–Kier alpha value is -0.890. The van der Waals surface area contributed by atoms with Crippen LogP contribution in [0.15, 0.2) is 18.2 Å². The van der Waals surface area contributed by atoms with Gasteiger partial charge in [-0.1, -0.05) is 26.8 Å². The van der Waals surface area contributed by atoms with Gasteiger partial charge in [0.05, 0.1) is 0 Å². The minimum absolute atomic E-state index is 0.124. The molecule has 0 heterocycles. The maximum atomic E-state index is 13.3. The highest BCUT2D eigenvalue weighted by Crippen LogP contribution is 2.25. The molecular weight excluding hydrogens is 213 g/mol. The van der Waals surface area contributed by atoms with E-state index < -0.39 is 0 Å². The van der Waals surface area contributed by atoms with E-state index in [-0.39, 0.29) is 5.82 Å². The normalized spacial score (nSPS) is 14.6. The molecule has 0 aliphatic rings. The van der Waals surface area contributed by atoms with E-state index >= 15 is 0 Å². The van der Waals surface area contributed by atoms with Gasteiger partial charge in [-0.25, -0.2) is 4.39 Å². The molecule has 1 N–H and O–H groups in total. The van der Waals surface area contributed by atoms with Crippen LogP contribution in [0.3, 0.4) is 0 Å². The van der Waals surface area contributed by atoms with Crippen molar-refractivity contribution in [2.75, 3.05) is 13.1 Å². The Balaban J connectivity index is 2.64. The molecule has 0 aliphatic carbocycles. The van der Waals surface area contributed by atoms with Crippen LogP contribution in [0.1, 0.15) is 44.2 Å². The van der Waals surface area contributed by atoms with Crippen molar-refractivity contribution in [1.29, 1.82) is 0 Å². The topological polar surface area (TPSA) is 12.0 Å². The lowest BCUT2D eigenvalue weighted by molar-refractivity contribution is 0.446. The summed E-state index contributed by atoms with van der Waals surface area (Å²) >= 11 is 0. The zero-order valence-corrected chi connectivity index (χ0v) is 11.4. The van der Waals surface area contributed by atoms with Crippen LogP contribution in [-0.2, 0) is 0 Å². The van der Waals surface area contributed by atoms with Crippen LogP contribution < -0.4 is 5.32 Å². The lowest BCUT2D eigenvalue weighted by Gasteiger charge is -2.21. The SMILES string of the molecule is CCCNCC(C)C(C)c1cc(C)cc(F)c1. The third-order valence-electron chi connectivity index (χ3n) is 3.34. The molecule has 0 spiro atoms. The number of aryl methyl sites for hydroxylation is 1. The van der Waals surface area contributed by atoms with Gasteiger partial charge in [0.1, 0.15) is 5.82 Å². The van der Waals surface area contributed by atoms with Crippen LogP contribution in [0.4, 0.5) is 4.39 Å². The number of benzene rings is 1. The molecule has 0 fully saturated rings. The first-order valence-electron chi connectivity index (χ1n) is 6.52. The molecule has 0 saturated carbocycles. The van der Waals surface area contributed by atoms with Gasteiger partial charge in [0.15, 0.2) is 0 Å². The Morgan fingerprint density at radius 3 is 2.53 bits per heavy atom. The molecular formula is C15H24FN. The van der Waals surface area contributed by atoms with Crippen molar-refractivity contribution < 1.29 is 4.39 Å². The smallest absolute Gasteiger partial charge is 0.123 e. The number of hydrogen-bond donors (Lipinski definition) is 1. The molecule has 1 aromatic carbocycles. The number of nitrogens with one attached hydrogen (secondary N) is 1. The van der Waals surface area contributed by atoms with Crippen LogP contribution in [0, 0.1) is 18.7 Å². The minimum atomic E-state index is -0.124. The van der Waals surface area contributed by atoms with Gasteiger partial charge in [-0.15, -0.1) is 0 Å². The largest absolute Gasteiger partial charge is 0.316 e. The first-order valence-corrected chi connectivity index (χ1v) is 6.52. The molecule has 2 atom stereocenters. The summed E-state index contributed by atoms with van der Waals surface area (Å²) in [5.41, 5.74) is 2.11. The summed E-state index contributed by atoms with van der Waals surface area (Å²) in [5, 5.41) is 3.42. The summed E-state index contributed by atoms with van der Waals surface area (Å²) in [4.78, 5) is 0. The van der Waals surface area contributed by atoms with Gasteiger partial charge < -0.3 is 5.32 Å². The molecule has 2 heteroatoms. The Morgan fingerprint density at radius 1 is 1.24 bits per heavy atom. The number of hydrogen-bond acceptors (Lipinski definition) is 1. The predicted molar refractivity (Wildman–Crippen MR) is 71.9 cm³/mol. The molecule has 1 aromatic rings. The van der Waals surface area contributed by atoms with Gasteiger partial charge in [0, 0.05) is 0 Å². The third kappa shape index (κ3) is 4.47. The van der Waals surface area contributed by atoms with Crippen molar-refractivity contribution >= 4 is 0 Å². The van der Waals surface area contributed by atoms with Crippen LogP contribution in [-0.4, -0.2) is 13.1 Å². The number of rotatable bonds is 6. The summed E-state index contributed by atoms with van der Waals surface area (Å²) in [7, 11) is 0. The van der Waals surface area contributed by atoms with E-state index in [4.69, 9.17) is 0 Å². The Morgan fingerprint density at radius 2 is 1.94 bits per heavy atom. The molecule has 0 amide bonds. The van der Waals surface area contributed by atoms with E-state index in [1.54, 1.807) is 12.1 Å². The van der Waals surface area contributed by atoms with Gasteiger partial charge in [-0.3, -0.25) is 0 Å². The fourth-order valence-electron chi connectivity index (χ4n) is 2.04. The van der Waals surface area contributed by atoms with E-state index in [1.807, 2.05) is 6.92 Å². The molecule has 96 valence electrons. The third-order valence-corrected chi connectivity index (χ3v) is 3.34. The summed E-state index contributed by atoms with van der Waals surface area (Å²) in [6.07, 6.45) is 1.15. The molecule has 0 aliphatic heterocycles. The second-order valence-corrected chi connectivity index (χ2v) is 5.03. The molecule has 0 bridgehead atoms. The number of halogens is 1. The van der Waals surface area contributed by atoms with Crippen LogP contribution in [0.2, 0.25) is 0 Å². The highest BCUT2D eigenvalue weighted by Gasteiger charge is 2.14. The quantitative estimate of drug-likeness (QED) is 0.740. The summed E-state index contributed by atoms with van der Waals surface area (Å²) in [6, 6.07) is 5.33. The fraction of sp³-hybridized carbons (Fsp3) is 0.600. The van der Waals surface area contributed by atoms with Crippen LogP contribution >= 0.6 is 0 Å². The lowest BCUT2D eigenvalue weighted by Crippen LogP contribution is -2.25. The summed E-state index contributed by atoms with van der Waals surface area (Å²) in [5.74, 6) is 0.775. The first-order chi connectivity index (χ1) is 8.04. The average Bonchev–Trinajstić information content (AvgIpc) is 2.27. The van der Waals surface area contributed by atoms with E-state index in [1.165, 1.54) is 0 Å². The first kappa shape index (κ1) is 14.2. The maximum absolute atomic E-state index is 13.3. The second-order valence-electron chi connectivity index (χ2n) is 5.03. The maximum Gasteiger partial charge on any atom is 0.123 e. The molecule has 17 heavy (non-hydrogen) atoms. The molecule has 2 unspecified atom stereocenters. The van der Waals surface area contributed by atoms with Crippen molar-refractivity contribution in [2.24, 2.45) is 5.92 Å². The molecule has 1 nitrogen and oxygen atoms in total. The van der Waals surface area contributed by atoms with Crippen molar-refractivity contribution in [1.82, 2.24) is 5.32 Å². The van der Waals surface area contributed by atoms with E-state index in [9.17, 15) is 4.39 Å². The van der Waals surface area contributed by atoms with Crippen LogP contribution in [0.5, 0.6) is 0 Å². The van der Waals surface area contributed by atoms with Gasteiger partial charge in [0.25, 0.3) is 0 Å². The van der Waals surface area contributed by atoms with Crippen molar-refractivity contribution in [3.8, 4) is 0 Å². The van der Waals surface area contributed by atoms with E-state index in [0.29, 0.717) is 11.8 Å². The van der Waals surface area contributed by atoms with E-state index in [2.05, 4.69) is 32.2 Å². The van der Waals surface area contributed by atoms with Crippen molar-refractivity contribution in [3.63, 3.8) is 0 Å². The molecule has 0 radical (unpaired) electrons. The Kier molecular flexibility index (Phi) is 5.63. The average molecular weight is 237 g/mol. The lowest BCUT2D eigenvalue weighted by atomic mass is 9.88. The monoisotopic (exact) mass is 237 g/mol. The minimum Gasteiger partial charge on any atom is -0.316 e. The van der Waals surface area contributed by atoms with Gasteiger partial charge >= 0.3 is 0 Å². The zero-order valence-electron chi connectivity index (χ0n) is 11.4. The van der Waals surface area contributed by atoms with Crippen molar-refractivity contribution in [3.05, 3.63) is 35.1 Å². The molecule has 1 rings (SSSR count). The summed E-state index contributed by atoms with van der Waals surface area (Å²) < 4.78 is 13.3. The predicted octanol–water partition coefficient (Wildman–Crippen LogP) is 3.87. The van der Waals surface area contributed by atoms with Crippen molar-refractivity contribution in [2.45, 2.75) is 40.0 Å². The zero-order chi connectivity index (χ0) is 12.8. The summed E-state index contributed by atoms with van der Waals surface area (Å²) in [6.45, 7) is 10.5. The van der Waals surface area contributed by atoms with Crippen LogP contribution in [0.25, 0.3) is 0 Å². The molecule has 0 saturated heterocycles. The van der Waals surface area contributed by atoms with Gasteiger partial charge in [-0.2, -0.15) is 0 Å². The highest BCUT2D eigenvalue weighted by molar-refractivity contribution is 5.26.